The van der Waals surface area contributed by atoms with Crippen LogP contribution in [0.25, 0.3) is 0 Å². The predicted molar refractivity (Wildman–Crippen MR) is 63.3 cm³/mol. The molecule has 0 aromatic rings. The van der Waals surface area contributed by atoms with Crippen LogP contribution in [0.1, 0.15) is 6.42 Å². The van der Waals surface area contributed by atoms with Gasteiger partial charge in [-0.15, -0.1) is 11.8 Å². The first-order chi connectivity index (χ1) is 8.04. The van der Waals surface area contributed by atoms with Crippen molar-refractivity contribution < 1.29 is 19.1 Å². The average molecular weight is 260 g/mol. The average Bonchev–Trinajstić information content (AvgIpc) is 2.71. The SMILES string of the molecule is COC(=O)CCN(C)C(=O)CN1CSCC1=O. The van der Waals surface area contributed by atoms with Crippen molar-refractivity contribution in [2.45, 2.75) is 6.42 Å². The van der Waals surface area contributed by atoms with Crippen molar-refractivity contribution in [2.24, 2.45) is 0 Å². The minimum atomic E-state index is -0.350. The van der Waals surface area contributed by atoms with Crippen LogP contribution in [0.3, 0.4) is 0 Å². The van der Waals surface area contributed by atoms with E-state index in [0.717, 1.165) is 0 Å². The lowest BCUT2D eigenvalue weighted by Gasteiger charge is -2.20. The van der Waals surface area contributed by atoms with Gasteiger partial charge in [-0.25, -0.2) is 0 Å². The number of nitrogens with zero attached hydrogens (tertiary/aromatic N) is 2. The molecule has 1 aliphatic heterocycles. The molecular weight excluding hydrogens is 244 g/mol. The molecule has 1 rings (SSSR count). The third-order valence-electron chi connectivity index (χ3n) is 2.46. The molecular formula is C10H16N2O4S. The molecule has 0 aromatic carbocycles. The van der Waals surface area contributed by atoms with Gasteiger partial charge in [-0.2, -0.15) is 0 Å². The fraction of sp³-hybridized carbons (Fsp3) is 0.700. The van der Waals surface area contributed by atoms with Crippen molar-refractivity contribution in [3.8, 4) is 0 Å². The van der Waals surface area contributed by atoms with E-state index in [-0.39, 0.29) is 30.7 Å². The number of hydrogen-bond acceptors (Lipinski definition) is 5. The summed E-state index contributed by atoms with van der Waals surface area (Å²) < 4.78 is 4.49. The molecule has 0 atom stereocenters. The highest BCUT2D eigenvalue weighted by Crippen LogP contribution is 2.14. The smallest absolute Gasteiger partial charge is 0.307 e. The van der Waals surface area contributed by atoms with Crippen molar-refractivity contribution in [1.29, 1.82) is 0 Å². The summed E-state index contributed by atoms with van der Waals surface area (Å²) in [5.74, 6) is 0.487. The standard InChI is InChI=1S/C10H16N2O4S/c1-11(4-3-10(15)16-2)8(13)5-12-7-17-6-9(12)14/h3-7H2,1-2H3. The molecule has 6 nitrogen and oxygen atoms in total. The Bertz CT molecular complexity index is 321. The summed E-state index contributed by atoms with van der Waals surface area (Å²) in [5.41, 5.74) is 0. The Hall–Kier alpha value is -1.24. The monoisotopic (exact) mass is 260 g/mol. The maximum absolute atomic E-state index is 11.7. The highest BCUT2D eigenvalue weighted by atomic mass is 32.2. The Kier molecular flexibility index (Phi) is 5.27. The summed E-state index contributed by atoms with van der Waals surface area (Å²) in [6, 6.07) is 0. The second-order valence-electron chi connectivity index (χ2n) is 3.71. The summed E-state index contributed by atoms with van der Waals surface area (Å²) in [7, 11) is 2.92. The molecule has 96 valence electrons. The van der Waals surface area contributed by atoms with E-state index in [4.69, 9.17) is 0 Å². The van der Waals surface area contributed by atoms with Crippen LogP contribution in [0.5, 0.6) is 0 Å². The van der Waals surface area contributed by atoms with Gasteiger partial charge in [0.15, 0.2) is 0 Å². The van der Waals surface area contributed by atoms with Crippen LogP contribution in [0.2, 0.25) is 0 Å². The van der Waals surface area contributed by atoms with Gasteiger partial charge in [-0.3, -0.25) is 14.4 Å². The summed E-state index contributed by atoms with van der Waals surface area (Å²) in [6.07, 6.45) is 0.168. The third-order valence-corrected chi connectivity index (χ3v) is 3.40. The van der Waals surface area contributed by atoms with Crippen molar-refractivity contribution in [3.05, 3.63) is 0 Å². The predicted octanol–water partition coefficient (Wildman–Crippen LogP) is -0.459. The first-order valence-corrected chi connectivity index (χ1v) is 6.36. The number of methoxy groups -OCH3 is 1. The second-order valence-corrected chi connectivity index (χ2v) is 4.67. The number of rotatable bonds is 5. The Balaban J connectivity index is 2.31. The van der Waals surface area contributed by atoms with Gasteiger partial charge in [0.1, 0.15) is 6.54 Å². The summed E-state index contributed by atoms with van der Waals surface area (Å²) in [4.78, 5) is 36.9. The van der Waals surface area contributed by atoms with Gasteiger partial charge in [0.25, 0.3) is 0 Å². The zero-order valence-electron chi connectivity index (χ0n) is 9.97. The molecule has 0 saturated carbocycles. The lowest BCUT2D eigenvalue weighted by Crippen LogP contribution is -2.40. The van der Waals surface area contributed by atoms with E-state index in [1.165, 1.54) is 28.7 Å². The molecule has 0 spiro atoms. The van der Waals surface area contributed by atoms with Crippen LogP contribution in [-0.4, -0.2) is 66.5 Å². The largest absolute Gasteiger partial charge is 0.469 e. The van der Waals surface area contributed by atoms with E-state index >= 15 is 0 Å². The lowest BCUT2D eigenvalue weighted by atomic mass is 10.3. The summed E-state index contributed by atoms with van der Waals surface area (Å²) in [5, 5.41) is 0. The van der Waals surface area contributed by atoms with Crippen molar-refractivity contribution in [2.75, 3.05) is 38.9 Å². The molecule has 0 bridgehead atoms. The maximum Gasteiger partial charge on any atom is 0.307 e. The van der Waals surface area contributed by atoms with Gasteiger partial charge >= 0.3 is 5.97 Å². The van der Waals surface area contributed by atoms with Gasteiger partial charge < -0.3 is 14.5 Å². The quantitative estimate of drug-likeness (QED) is 0.626. The molecule has 0 N–H and O–H groups in total. The molecule has 7 heteroatoms. The molecule has 0 aromatic heterocycles. The topological polar surface area (TPSA) is 66.9 Å². The Morgan fingerprint density at radius 1 is 1.53 bits per heavy atom. The second kappa shape index (κ2) is 6.48. The Morgan fingerprint density at radius 3 is 2.76 bits per heavy atom. The highest BCUT2D eigenvalue weighted by molar-refractivity contribution is 8.00. The normalized spacial score (nSPS) is 14.9. The summed E-state index contributed by atoms with van der Waals surface area (Å²) in [6.45, 7) is 0.393. The van der Waals surface area contributed by atoms with Crippen LogP contribution in [0.4, 0.5) is 0 Å². The van der Waals surface area contributed by atoms with E-state index in [1.807, 2.05) is 0 Å². The Labute approximate surface area is 104 Å². The van der Waals surface area contributed by atoms with Crippen LogP contribution in [0, 0.1) is 0 Å². The molecule has 1 fully saturated rings. The number of hydrogen-bond donors (Lipinski definition) is 0. The number of carbonyl (C=O) groups excluding carboxylic acids is 3. The zero-order valence-corrected chi connectivity index (χ0v) is 10.8. The van der Waals surface area contributed by atoms with E-state index < -0.39 is 0 Å². The van der Waals surface area contributed by atoms with Gasteiger partial charge in [0.05, 0.1) is 25.2 Å². The molecule has 0 radical (unpaired) electrons. The number of likely N-dealkylation sites (N-methyl/N-ethyl adjacent to an activating group) is 1. The minimum Gasteiger partial charge on any atom is -0.469 e. The first-order valence-electron chi connectivity index (χ1n) is 5.21. The van der Waals surface area contributed by atoms with E-state index in [1.54, 1.807) is 7.05 Å². The van der Waals surface area contributed by atoms with Crippen LogP contribution >= 0.6 is 11.8 Å². The van der Waals surface area contributed by atoms with Crippen molar-refractivity contribution >= 4 is 29.5 Å². The van der Waals surface area contributed by atoms with E-state index in [0.29, 0.717) is 18.2 Å². The number of amides is 2. The molecule has 2 amide bonds. The number of esters is 1. The molecule has 1 saturated heterocycles. The fourth-order valence-corrected chi connectivity index (χ4v) is 2.21. The first kappa shape index (κ1) is 13.8. The van der Waals surface area contributed by atoms with Crippen LogP contribution < -0.4 is 0 Å². The highest BCUT2D eigenvalue weighted by Gasteiger charge is 2.24. The van der Waals surface area contributed by atoms with Gasteiger partial charge in [-0.1, -0.05) is 0 Å². The minimum absolute atomic E-state index is 0.00952. The van der Waals surface area contributed by atoms with E-state index in [2.05, 4.69) is 4.74 Å². The third kappa shape index (κ3) is 4.26. The fourth-order valence-electron chi connectivity index (χ4n) is 1.31. The molecule has 0 aliphatic carbocycles. The molecule has 1 aliphatic rings. The number of ether oxygens (including phenoxy) is 1. The van der Waals surface area contributed by atoms with Crippen molar-refractivity contribution in [1.82, 2.24) is 9.80 Å². The molecule has 1 heterocycles. The molecule has 17 heavy (non-hydrogen) atoms. The Morgan fingerprint density at radius 2 is 2.24 bits per heavy atom. The number of carbonyl (C=O) groups is 3. The van der Waals surface area contributed by atoms with Crippen LogP contribution in [0.15, 0.2) is 0 Å². The van der Waals surface area contributed by atoms with Gasteiger partial charge in [0.2, 0.25) is 11.8 Å². The lowest BCUT2D eigenvalue weighted by molar-refractivity contribution is -0.142. The summed E-state index contributed by atoms with van der Waals surface area (Å²) >= 11 is 1.50. The van der Waals surface area contributed by atoms with Crippen molar-refractivity contribution in [3.63, 3.8) is 0 Å². The van der Waals surface area contributed by atoms with Gasteiger partial charge in [-0.05, 0) is 0 Å². The molecule has 0 unspecified atom stereocenters. The number of thioether (sulfide) groups is 1. The van der Waals surface area contributed by atoms with Crippen LogP contribution in [-0.2, 0) is 19.1 Å². The van der Waals surface area contributed by atoms with Gasteiger partial charge in [0, 0.05) is 13.6 Å². The zero-order chi connectivity index (χ0) is 12.8. The maximum atomic E-state index is 11.7. The van der Waals surface area contributed by atoms with E-state index in [9.17, 15) is 14.4 Å².